The zero-order chi connectivity index (χ0) is 22.7. The molecule has 6 nitrogen and oxygen atoms in total. The average Bonchev–Trinajstić information content (AvgIpc) is 2.82. The molecule has 2 aromatic rings. The molecule has 1 N–H and O–H groups in total. The standard InChI is InChI=1S/C24H28ClFN2O4/c1-31-24(30)20-9-10-21-23(27-20)28(12-15-5-6-17(15)14-29)13-16-7-8-19(25)22(26)18(16)4-2-3-11-32-21/h7-10,15,17,29H,2-6,11-14H2,1H3/t15-,17-/m0/s1. The third-order valence-corrected chi connectivity index (χ3v) is 6.82. The topological polar surface area (TPSA) is 71.9 Å². The zero-order valence-electron chi connectivity index (χ0n) is 18.2. The van der Waals surface area contributed by atoms with Crippen LogP contribution in [0, 0.1) is 17.7 Å². The van der Waals surface area contributed by atoms with Crippen LogP contribution in [0.2, 0.25) is 5.02 Å². The number of hydrogen-bond donors (Lipinski definition) is 1. The summed E-state index contributed by atoms with van der Waals surface area (Å²) in [5.74, 6) is 0.704. The Morgan fingerprint density at radius 1 is 1.28 bits per heavy atom. The molecular formula is C24H28ClFN2O4. The number of anilines is 1. The fraction of sp³-hybridized carbons (Fsp3) is 0.500. The van der Waals surface area contributed by atoms with E-state index in [4.69, 9.17) is 21.1 Å². The van der Waals surface area contributed by atoms with E-state index in [1.54, 1.807) is 18.2 Å². The van der Waals surface area contributed by atoms with Gasteiger partial charge in [-0.25, -0.2) is 14.2 Å². The Balaban J connectivity index is 1.78. The molecule has 32 heavy (non-hydrogen) atoms. The number of carbonyl (C=O) groups excluding carboxylic acids is 1. The van der Waals surface area contributed by atoms with Gasteiger partial charge in [0.2, 0.25) is 0 Å². The first-order valence-electron chi connectivity index (χ1n) is 11.1. The lowest BCUT2D eigenvalue weighted by atomic mass is 9.74. The second-order valence-corrected chi connectivity index (χ2v) is 8.88. The van der Waals surface area contributed by atoms with Gasteiger partial charge in [-0.2, -0.15) is 0 Å². The van der Waals surface area contributed by atoms with E-state index in [-0.39, 0.29) is 35.0 Å². The number of rotatable bonds is 4. The number of methoxy groups -OCH3 is 1. The normalized spacial score (nSPS) is 20.8. The van der Waals surface area contributed by atoms with E-state index in [9.17, 15) is 14.3 Å². The molecule has 0 unspecified atom stereocenters. The molecule has 0 radical (unpaired) electrons. The third-order valence-electron chi connectivity index (χ3n) is 6.53. The van der Waals surface area contributed by atoms with E-state index in [2.05, 4.69) is 4.98 Å². The predicted molar refractivity (Wildman–Crippen MR) is 120 cm³/mol. The molecule has 1 aliphatic carbocycles. The predicted octanol–water partition coefficient (Wildman–Crippen LogP) is 4.40. The van der Waals surface area contributed by atoms with Crippen molar-refractivity contribution < 1.29 is 23.8 Å². The molecule has 1 fully saturated rings. The maximum absolute atomic E-state index is 14.9. The van der Waals surface area contributed by atoms with Gasteiger partial charge in [0.05, 0.1) is 18.7 Å². The van der Waals surface area contributed by atoms with Crippen LogP contribution >= 0.6 is 11.6 Å². The highest BCUT2D eigenvalue weighted by atomic mass is 35.5. The van der Waals surface area contributed by atoms with E-state index in [1.807, 2.05) is 11.0 Å². The molecular weight excluding hydrogens is 435 g/mol. The van der Waals surface area contributed by atoms with Crippen LogP contribution in [0.4, 0.5) is 10.2 Å². The molecule has 8 heteroatoms. The highest BCUT2D eigenvalue weighted by molar-refractivity contribution is 6.30. The zero-order valence-corrected chi connectivity index (χ0v) is 18.9. The lowest BCUT2D eigenvalue weighted by Crippen LogP contribution is -2.40. The maximum atomic E-state index is 14.9. The minimum absolute atomic E-state index is 0.118. The number of aliphatic hydroxyl groups excluding tert-OH is 1. The highest BCUT2D eigenvalue weighted by Gasteiger charge is 2.33. The maximum Gasteiger partial charge on any atom is 0.356 e. The molecule has 0 spiro atoms. The number of aromatic nitrogens is 1. The van der Waals surface area contributed by atoms with Crippen molar-refractivity contribution in [2.45, 2.75) is 38.6 Å². The number of aliphatic hydroxyl groups is 1. The van der Waals surface area contributed by atoms with Gasteiger partial charge in [-0.1, -0.05) is 17.7 Å². The fourth-order valence-electron chi connectivity index (χ4n) is 4.46. The lowest BCUT2D eigenvalue weighted by molar-refractivity contribution is 0.0594. The van der Waals surface area contributed by atoms with Gasteiger partial charge in [-0.15, -0.1) is 0 Å². The molecule has 0 amide bonds. The summed E-state index contributed by atoms with van der Waals surface area (Å²) in [5, 5.41) is 9.81. The second-order valence-electron chi connectivity index (χ2n) is 8.48. The number of ether oxygens (including phenoxy) is 2. The molecule has 1 saturated carbocycles. The highest BCUT2D eigenvalue weighted by Crippen LogP contribution is 2.38. The number of hydrogen-bond acceptors (Lipinski definition) is 6. The molecule has 2 atom stereocenters. The monoisotopic (exact) mass is 462 g/mol. The van der Waals surface area contributed by atoms with Crippen LogP contribution < -0.4 is 9.64 Å². The summed E-state index contributed by atoms with van der Waals surface area (Å²) in [6.45, 7) is 1.60. The van der Waals surface area contributed by atoms with Crippen molar-refractivity contribution in [3.63, 3.8) is 0 Å². The van der Waals surface area contributed by atoms with Crippen LogP contribution in [0.15, 0.2) is 24.3 Å². The number of fused-ring (bicyclic) bond motifs is 2. The first-order chi connectivity index (χ1) is 15.5. The van der Waals surface area contributed by atoms with Gasteiger partial charge in [0.25, 0.3) is 0 Å². The van der Waals surface area contributed by atoms with E-state index < -0.39 is 5.97 Å². The minimum Gasteiger partial charge on any atom is -0.490 e. The van der Waals surface area contributed by atoms with Crippen LogP contribution in [-0.2, 0) is 17.7 Å². The summed E-state index contributed by atoms with van der Waals surface area (Å²) in [5.41, 5.74) is 1.64. The number of esters is 1. The van der Waals surface area contributed by atoms with E-state index in [0.29, 0.717) is 43.2 Å². The van der Waals surface area contributed by atoms with Gasteiger partial charge in [0.1, 0.15) is 5.82 Å². The number of nitrogens with zero attached hydrogens (tertiary/aromatic N) is 2. The van der Waals surface area contributed by atoms with Crippen molar-refractivity contribution >= 4 is 23.4 Å². The van der Waals surface area contributed by atoms with Crippen LogP contribution in [0.5, 0.6) is 5.75 Å². The Kier molecular flexibility index (Phi) is 7.16. The van der Waals surface area contributed by atoms with Crippen LogP contribution in [-0.4, -0.2) is 42.9 Å². The van der Waals surface area contributed by atoms with Crippen molar-refractivity contribution in [2.24, 2.45) is 11.8 Å². The van der Waals surface area contributed by atoms with E-state index in [0.717, 1.165) is 31.2 Å². The molecule has 4 rings (SSSR count). The number of benzene rings is 1. The molecule has 1 aliphatic heterocycles. The van der Waals surface area contributed by atoms with Crippen molar-refractivity contribution in [2.75, 3.05) is 31.8 Å². The average molecular weight is 463 g/mol. The Labute approximate surface area is 192 Å². The van der Waals surface area contributed by atoms with Crippen molar-refractivity contribution in [3.05, 3.63) is 51.9 Å². The van der Waals surface area contributed by atoms with Gasteiger partial charge >= 0.3 is 5.97 Å². The summed E-state index contributed by atoms with van der Waals surface area (Å²) in [7, 11) is 1.32. The Bertz CT molecular complexity index is 985. The largest absolute Gasteiger partial charge is 0.490 e. The quantitative estimate of drug-likeness (QED) is 0.679. The van der Waals surface area contributed by atoms with Gasteiger partial charge < -0.3 is 19.5 Å². The van der Waals surface area contributed by atoms with Gasteiger partial charge in [-0.05, 0) is 73.3 Å². The summed E-state index contributed by atoms with van der Waals surface area (Å²) in [4.78, 5) is 18.8. The summed E-state index contributed by atoms with van der Waals surface area (Å²) in [6.07, 6.45) is 4.06. The Morgan fingerprint density at radius 3 is 2.81 bits per heavy atom. The summed E-state index contributed by atoms with van der Waals surface area (Å²) < 4.78 is 25.8. The SMILES string of the molecule is COC(=O)c1ccc2c(n1)N(C[C@@H]1CC[C@H]1CO)Cc1ccc(Cl)c(F)c1CCCCO2. The smallest absolute Gasteiger partial charge is 0.356 e. The molecule has 0 bridgehead atoms. The Hall–Kier alpha value is -2.38. The number of pyridine rings is 1. The molecule has 1 aromatic carbocycles. The number of carbonyl (C=O) groups is 1. The van der Waals surface area contributed by atoms with Crippen LogP contribution in [0.3, 0.4) is 0 Å². The van der Waals surface area contributed by atoms with Gasteiger partial charge in [0.15, 0.2) is 17.3 Å². The van der Waals surface area contributed by atoms with E-state index in [1.165, 1.54) is 7.11 Å². The molecule has 2 heterocycles. The molecule has 1 aromatic heterocycles. The minimum atomic E-state index is -0.530. The van der Waals surface area contributed by atoms with Crippen molar-refractivity contribution in [3.8, 4) is 5.75 Å². The lowest BCUT2D eigenvalue weighted by Gasteiger charge is -2.40. The van der Waals surface area contributed by atoms with E-state index >= 15 is 0 Å². The molecule has 0 saturated heterocycles. The fourth-order valence-corrected chi connectivity index (χ4v) is 4.64. The summed E-state index contributed by atoms with van der Waals surface area (Å²) in [6, 6.07) is 6.78. The van der Waals surface area contributed by atoms with Crippen LogP contribution in [0.1, 0.15) is 47.3 Å². The molecule has 172 valence electrons. The van der Waals surface area contributed by atoms with Gasteiger partial charge in [0, 0.05) is 19.7 Å². The number of halogens is 2. The Morgan fingerprint density at radius 2 is 2.09 bits per heavy atom. The van der Waals surface area contributed by atoms with Gasteiger partial charge in [-0.3, -0.25) is 0 Å². The van der Waals surface area contributed by atoms with Crippen molar-refractivity contribution in [1.29, 1.82) is 0 Å². The first-order valence-corrected chi connectivity index (χ1v) is 11.4. The first kappa shape index (κ1) is 22.8. The van der Waals surface area contributed by atoms with Crippen molar-refractivity contribution in [1.82, 2.24) is 4.98 Å². The summed E-state index contributed by atoms with van der Waals surface area (Å²) >= 11 is 6.08. The third kappa shape index (κ3) is 4.69. The van der Waals surface area contributed by atoms with Crippen LogP contribution in [0.25, 0.3) is 0 Å². The molecule has 2 aliphatic rings. The second kappa shape index (κ2) is 10.0.